The van der Waals surface area contributed by atoms with Crippen LogP contribution in [-0.2, 0) is 9.53 Å². The van der Waals surface area contributed by atoms with E-state index in [2.05, 4.69) is 6.92 Å². The molecule has 0 unspecified atom stereocenters. The van der Waals surface area contributed by atoms with Gasteiger partial charge in [0.1, 0.15) is 6.10 Å². The minimum Gasteiger partial charge on any atom is -0.490 e. The summed E-state index contributed by atoms with van der Waals surface area (Å²) in [7, 11) is 0. The Labute approximate surface area is 232 Å². The molecule has 2 aromatic carbocycles. The molecule has 0 heterocycles. The minimum atomic E-state index is -1.57. The van der Waals surface area contributed by atoms with Gasteiger partial charge in [-0.25, -0.2) is 13.6 Å². The van der Waals surface area contributed by atoms with Gasteiger partial charge >= 0.3 is 5.97 Å². The number of carbonyl (C=O) groups is 1. The molecule has 216 valence electrons. The monoisotopic (exact) mass is 546 g/mol. The molecule has 1 saturated carbocycles. The molecule has 0 saturated heterocycles. The molecule has 0 spiro atoms. The Morgan fingerprint density at radius 2 is 1.51 bits per heavy atom. The van der Waals surface area contributed by atoms with Gasteiger partial charge in [0.05, 0.1) is 6.61 Å². The van der Waals surface area contributed by atoms with Crippen molar-refractivity contribution >= 4 is 5.97 Å². The van der Waals surface area contributed by atoms with Crippen molar-refractivity contribution in [2.24, 2.45) is 5.92 Å². The summed E-state index contributed by atoms with van der Waals surface area (Å²) in [5.41, 5.74) is 1.93. The van der Waals surface area contributed by atoms with Crippen molar-refractivity contribution in [1.29, 1.82) is 0 Å². The molecular formula is C33H45F3O3. The van der Waals surface area contributed by atoms with Crippen LogP contribution >= 0.6 is 0 Å². The Morgan fingerprint density at radius 3 is 2.15 bits per heavy atom. The number of benzene rings is 2. The summed E-state index contributed by atoms with van der Waals surface area (Å²) in [4.78, 5) is 12.1. The van der Waals surface area contributed by atoms with Crippen molar-refractivity contribution in [3.8, 4) is 16.9 Å². The first-order valence-corrected chi connectivity index (χ1v) is 14.9. The summed E-state index contributed by atoms with van der Waals surface area (Å²) in [6.07, 6.45) is 9.72. The second-order valence-electron chi connectivity index (χ2n) is 11.0. The highest BCUT2D eigenvalue weighted by Crippen LogP contribution is 2.36. The second kappa shape index (κ2) is 15.9. The van der Waals surface area contributed by atoms with Crippen molar-refractivity contribution in [2.75, 3.05) is 6.61 Å². The lowest BCUT2D eigenvalue weighted by molar-refractivity contribution is -0.158. The normalized spacial score (nSPS) is 18.9. The average Bonchev–Trinajstić information content (AvgIpc) is 2.96. The topological polar surface area (TPSA) is 35.5 Å². The molecule has 0 radical (unpaired) electrons. The summed E-state index contributed by atoms with van der Waals surface area (Å²) in [5.74, 6) is -2.69. The summed E-state index contributed by atoms with van der Waals surface area (Å²) in [6.45, 7) is 6.14. The maximum atomic E-state index is 14.9. The van der Waals surface area contributed by atoms with E-state index in [0.717, 1.165) is 37.7 Å². The van der Waals surface area contributed by atoms with Crippen LogP contribution in [0.2, 0.25) is 0 Å². The van der Waals surface area contributed by atoms with Crippen LogP contribution < -0.4 is 4.74 Å². The lowest BCUT2D eigenvalue weighted by Crippen LogP contribution is -2.31. The zero-order valence-electron chi connectivity index (χ0n) is 23.8. The van der Waals surface area contributed by atoms with Crippen LogP contribution in [0.4, 0.5) is 13.2 Å². The van der Waals surface area contributed by atoms with Crippen molar-refractivity contribution < 1.29 is 27.4 Å². The molecule has 0 amide bonds. The first kappa shape index (κ1) is 31.0. The van der Waals surface area contributed by atoms with E-state index in [1.807, 2.05) is 31.2 Å². The van der Waals surface area contributed by atoms with Crippen LogP contribution in [0.3, 0.4) is 0 Å². The molecule has 1 aliphatic carbocycles. The quantitative estimate of drug-likeness (QED) is 0.165. The zero-order chi connectivity index (χ0) is 28.2. The van der Waals surface area contributed by atoms with Crippen LogP contribution in [0.5, 0.6) is 5.75 Å². The van der Waals surface area contributed by atoms with Crippen molar-refractivity contribution in [3.05, 3.63) is 53.6 Å². The number of hydrogen-bond donors (Lipinski definition) is 0. The first-order chi connectivity index (χ1) is 18.8. The van der Waals surface area contributed by atoms with Gasteiger partial charge in [-0.1, -0.05) is 90.0 Å². The average molecular weight is 547 g/mol. The molecule has 3 nitrogen and oxygen atoms in total. The number of esters is 1. The lowest BCUT2D eigenvalue weighted by Gasteiger charge is -2.29. The summed E-state index contributed by atoms with van der Waals surface area (Å²) in [5, 5.41) is 0. The van der Waals surface area contributed by atoms with E-state index in [-0.39, 0.29) is 29.3 Å². The highest BCUT2D eigenvalue weighted by molar-refractivity contribution is 5.75. The number of halogens is 3. The Morgan fingerprint density at radius 1 is 0.872 bits per heavy atom. The predicted octanol–water partition coefficient (Wildman–Crippen LogP) is 9.71. The van der Waals surface area contributed by atoms with Gasteiger partial charge in [-0.2, -0.15) is 4.39 Å². The molecule has 0 bridgehead atoms. The maximum Gasteiger partial charge on any atom is 0.341 e. The maximum absolute atomic E-state index is 14.9. The Bertz CT molecular complexity index is 1020. The summed E-state index contributed by atoms with van der Waals surface area (Å²) < 4.78 is 54.7. The SMILES string of the molecule is CCCCCCCCCOc1ccc(-c2ccc(C3CCC(OC(=O)[C@@H](F)[C@@H](C)CC)CC3)cc2)c(F)c1F. The fraction of sp³-hybridized carbons (Fsp3) is 0.606. The largest absolute Gasteiger partial charge is 0.490 e. The first-order valence-electron chi connectivity index (χ1n) is 14.9. The van der Waals surface area contributed by atoms with Gasteiger partial charge in [0.2, 0.25) is 5.82 Å². The number of rotatable bonds is 15. The van der Waals surface area contributed by atoms with Gasteiger partial charge in [-0.05, 0) is 67.2 Å². The summed E-state index contributed by atoms with van der Waals surface area (Å²) in [6, 6.07) is 10.6. The molecule has 39 heavy (non-hydrogen) atoms. The van der Waals surface area contributed by atoms with Crippen molar-refractivity contribution in [1.82, 2.24) is 0 Å². The number of unbranched alkanes of at least 4 members (excludes halogenated alkanes) is 6. The van der Waals surface area contributed by atoms with Crippen LogP contribution in [-0.4, -0.2) is 24.9 Å². The van der Waals surface area contributed by atoms with Crippen molar-refractivity contribution in [3.63, 3.8) is 0 Å². The molecule has 1 aliphatic rings. The highest BCUT2D eigenvalue weighted by atomic mass is 19.2. The Hall–Kier alpha value is -2.50. The van der Waals surface area contributed by atoms with Crippen LogP contribution in [0.15, 0.2) is 36.4 Å². The minimum absolute atomic E-state index is 0.0421. The smallest absolute Gasteiger partial charge is 0.341 e. The van der Waals surface area contributed by atoms with Crippen molar-refractivity contribution in [2.45, 2.75) is 116 Å². The van der Waals surface area contributed by atoms with Gasteiger partial charge in [-0.3, -0.25) is 0 Å². The zero-order valence-corrected chi connectivity index (χ0v) is 23.8. The molecule has 0 N–H and O–H groups in total. The third-order valence-electron chi connectivity index (χ3n) is 8.07. The molecule has 3 rings (SSSR count). The fourth-order valence-corrected chi connectivity index (χ4v) is 5.22. The second-order valence-corrected chi connectivity index (χ2v) is 11.0. The number of carbonyl (C=O) groups excluding carboxylic acids is 1. The fourth-order valence-electron chi connectivity index (χ4n) is 5.22. The van der Waals surface area contributed by atoms with E-state index in [4.69, 9.17) is 9.47 Å². The van der Waals surface area contributed by atoms with Gasteiger partial charge in [-0.15, -0.1) is 0 Å². The van der Waals surface area contributed by atoms with Gasteiger partial charge in [0.25, 0.3) is 0 Å². The molecule has 2 aromatic rings. The van der Waals surface area contributed by atoms with Gasteiger partial charge in [0, 0.05) is 5.56 Å². The molecule has 2 atom stereocenters. The Balaban J connectivity index is 1.49. The molecule has 6 heteroatoms. The van der Waals surface area contributed by atoms with E-state index in [0.29, 0.717) is 31.4 Å². The number of hydrogen-bond acceptors (Lipinski definition) is 3. The van der Waals surface area contributed by atoms with E-state index in [1.54, 1.807) is 13.0 Å². The molecule has 0 aromatic heterocycles. The standard InChI is InChI=1S/C33H45F3O3/c1-4-6-7-8-9-10-11-22-38-29-21-20-28(31(35)32(29)36)26-14-12-24(13-15-26)25-16-18-27(19-17-25)39-33(37)30(34)23(3)5-2/h12-15,20-21,23,25,27,30H,4-11,16-19,22H2,1-3H3/t23-,25?,27?,30-/m0/s1. The van der Waals surface area contributed by atoms with Crippen LogP contribution in [0, 0.1) is 17.6 Å². The third-order valence-corrected chi connectivity index (χ3v) is 8.07. The van der Waals surface area contributed by atoms with Crippen LogP contribution in [0.25, 0.3) is 11.1 Å². The predicted molar refractivity (Wildman–Crippen MR) is 151 cm³/mol. The summed E-state index contributed by atoms with van der Waals surface area (Å²) >= 11 is 0. The van der Waals surface area contributed by atoms with Gasteiger partial charge in [0.15, 0.2) is 17.7 Å². The molecule has 1 fully saturated rings. The number of ether oxygens (including phenoxy) is 2. The van der Waals surface area contributed by atoms with E-state index in [9.17, 15) is 18.0 Å². The molecular weight excluding hydrogens is 501 g/mol. The van der Waals surface area contributed by atoms with Gasteiger partial charge < -0.3 is 9.47 Å². The van der Waals surface area contributed by atoms with E-state index >= 15 is 0 Å². The van der Waals surface area contributed by atoms with E-state index < -0.39 is 23.8 Å². The lowest BCUT2D eigenvalue weighted by atomic mass is 9.82. The Kier molecular flexibility index (Phi) is 12.7. The number of alkyl halides is 1. The highest BCUT2D eigenvalue weighted by Gasteiger charge is 2.30. The third kappa shape index (κ3) is 9.01. The van der Waals surface area contributed by atoms with Crippen LogP contribution in [0.1, 0.15) is 109 Å². The van der Waals surface area contributed by atoms with E-state index in [1.165, 1.54) is 31.7 Å². The molecule has 0 aliphatic heterocycles.